The Labute approximate surface area is 84.8 Å². The lowest BCUT2D eigenvalue weighted by Gasteiger charge is -2.13. The average molecular weight is 216 g/mol. The molecule has 0 fully saturated rings. The Morgan fingerprint density at radius 1 is 1.33 bits per heavy atom. The van der Waals surface area contributed by atoms with Crippen molar-refractivity contribution >= 4 is 5.91 Å². The van der Waals surface area contributed by atoms with Crippen molar-refractivity contribution in [1.82, 2.24) is 0 Å². The van der Waals surface area contributed by atoms with Crippen LogP contribution in [0.5, 0.6) is 5.75 Å². The van der Waals surface area contributed by atoms with E-state index in [1.807, 2.05) is 0 Å². The summed E-state index contributed by atoms with van der Waals surface area (Å²) in [6.07, 6.45) is 0. The third kappa shape index (κ3) is 2.88. The molecular formula is C9H10F2N2O2. The van der Waals surface area contributed by atoms with Crippen LogP contribution in [0.2, 0.25) is 0 Å². The fraction of sp³-hybridized carbons (Fsp3) is 0.222. The first-order chi connectivity index (χ1) is 7.02. The first kappa shape index (κ1) is 11.4. The Morgan fingerprint density at radius 3 is 2.47 bits per heavy atom. The van der Waals surface area contributed by atoms with Crippen molar-refractivity contribution in [2.24, 2.45) is 11.5 Å². The summed E-state index contributed by atoms with van der Waals surface area (Å²) in [7, 11) is 0. The van der Waals surface area contributed by atoms with Gasteiger partial charge >= 0.3 is 6.61 Å². The Bertz CT molecular complexity index is 358. The number of halogens is 2. The van der Waals surface area contributed by atoms with Crippen LogP contribution in [0, 0.1) is 0 Å². The van der Waals surface area contributed by atoms with Gasteiger partial charge in [-0.25, -0.2) is 0 Å². The van der Waals surface area contributed by atoms with Gasteiger partial charge in [-0.2, -0.15) is 8.78 Å². The van der Waals surface area contributed by atoms with Crippen molar-refractivity contribution < 1.29 is 18.3 Å². The predicted octanol–water partition coefficient (Wildman–Crippen LogP) is 0.773. The minimum atomic E-state index is -2.97. The first-order valence-corrected chi connectivity index (χ1v) is 4.11. The molecule has 0 aliphatic carbocycles. The zero-order valence-electron chi connectivity index (χ0n) is 7.69. The Morgan fingerprint density at radius 2 is 1.93 bits per heavy atom. The number of ether oxygens (including phenoxy) is 1. The van der Waals surface area contributed by atoms with Gasteiger partial charge in [0.25, 0.3) is 0 Å². The number of nitrogens with two attached hydrogens (primary N) is 2. The van der Waals surface area contributed by atoms with Gasteiger partial charge in [0.15, 0.2) is 0 Å². The zero-order valence-corrected chi connectivity index (χ0v) is 7.69. The molecule has 4 N–H and O–H groups in total. The summed E-state index contributed by atoms with van der Waals surface area (Å²) < 4.78 is 28.2. The Balaban J connectivity index is 3.00. The van der Waals surface area contributed by atoms with E-state index in [-0.39, 0.29) is 11.3 Å². The zero-order chi connectivity index (χ0) is 11.4. The lowest BCUT2D eigenvalue weighted by Crippen LogP contribution is -2.28. The molecule has 1 aromatic carbocycles. The number of benzene rings is 1. The van der Waals surface area contributed by atoms with Crippen LogP contribution in [-0.4, -0.2) is 12.5 Å². The molecule has 0 saturated carbocycles. The van der Waals surface area contributed by atoms with Crippen LogP contribution in [-0.2, 0) is 4.79 Å². The van der Waals surface area contributed by atoms with Gasteiger partial charge in [0.2, 0.25) is 5.91 Å². The van der Waals surface area contributed by atoms with Crippen molar-refractivity contribution in [2.75, 3.05) is 0 Å². The van der Waals surface area contributed by atoms with E-state index in [1.165, 1.54) is 18.2 Å². The normalized spacial score (nSPS) is 12.5. The highest BCUT2D eigenvalue weighted by atomic mass is 19.3. The molecule has 0 aliphatic heterocycles. The molecule has 0 aliphatic rings. The second-order valence-corrected chi connectivity index (χ2v) is 2.80. The second kappa shape index (κ2) is 4.70. The number of amides is 1. The number of hydrogen-bond acceptors (Lipinski definition) is 3. The summed E-state index contributed by atoms with van der Waals surface area (Å²) in [6, 6.07) is 4.60. The molecule has 0 saturated heterocycles. The third-order valence-electron chi connectivity index (χ3n) is 1.78. The van der Waals surface area contributed by atoms with E-state index in [9.17, 15) is 13.6 Å². The SMILES string of the molecule is NC(=O)C(N)c1ccccc1OC(F)F. The smallest absolute Gasteiger partial charge is 0.387 e. The maximum atomic E-state index is 12.0. The monoisotopic (exact) mass is 216 g/mol. The lowest BCUT2D eigenvalue weighted by atomic mass is 10.1. The number of primary amides is 1. The largest absolute Gasteiger partial charge is 0.434 e. The molecule has 4 nitrogen and oxygen atoms in total. The van der Waals surface area contributed by atoms with Gasteiger partial charge < -0.3 is 16.2 Å². The van der Waals surface area contributed by atoms with Gasteiger partial charge in [0.1, 0.15) is 11.8 Å². The van der Waals surface area contributed by atoms with Crippen LogP contribution < -0.4 is 16.2 Å². The van der Waals surface area contributed by atoms with Crippen molar-refractivity contribution in [1.29, 1.82) is 0 Å². The standard InChI is InChI=1S/C9H10F2N2O2/c10-9(11)15-6-4-2-1-3-5(6)7(12)8(13)14/h1-4,7,9H,12H2,(H2,13,14). The molecule has 0 heterocycles. The van der Waals surface area contributed by atoms with Crippen LogP contribution >= 0.6 is 0 Å². The summed E-state index contributed by atoms with van der Waals surface area (Å²) in [4.78, 5) is 10.8. The number of alkyl halides is 2. The highest BCUT2D eigenvalue weighted by Gasteiger charge is 2.18. The lowest BCUT2D eigenvalue weighted by molar-refractivity contribution is -0.119. The van der Waals surface area contributed by atoms with Crippen molar-refractivity contribution in [3.63, 3.8) is 0 Å². The minimum absolute atomic E-state index is 0.140. The molecule has 1 rings (SSSR count). The number of rotatable bonds is 4. The van der Waals surface area contributed by atoms with Crippen LogP contribution in [0.3, 0.4) is 0 Å². The maximum absolute atomic E-state index is 12.0. The molecule has 0 radical (unpaired) electrons. The average Bonchev–Trinajstić information content (AvgIpc) is 2.16. The molecule has 1 amide bonds. The predicted molar refractivity (Wildman–Crippen MR) is 49.2 cm³/mol. The minimum Gasteiger partial charge on any atom is -0.434 e. The molecule has 0 spiro atoms. The molecular weight excluding hydrogens is 206 g/mol. The number of carbonyl (C=O) groups excluding carboxylic acids is 1. The molecule has 0 bridgehead atoms. The van der Waals surface area contributed by atoms with Gasteiger partial charge in [0, 0.05) is 5.56 Å². The van der Waals surface area contributed by atoms with Crippen molar-refractivity contribution in [3.05, 3.63) is 29.8 Å². The first-order valence-electron chi connectivity index (χ1n) is 4.11. The second-order valence-electron chi connectivity index (χ2n) is 2.80. The number of hydrogen-bond donors (Lipinski definition) is 2. The topological polar surface area (TPSA) is 78.3 Å². The Hall–Kier alpha value is -1.69. The van der Waals surface area contributed by atoms with Gasteiger partial charge in [-0.15, -0.1) is 0 Å². The van der Waals surface area contributed by atoms with Crippen molar-refractivity contribution in [2.45, 2.75) is 12.7 Å². The summed E-state index contributed by atoms with van der Waals surface area (Å²) >= 11 is 0. The van der Waals surface area contributed by atoms with E-state index in [1.54, 1.807) is 6.07 Å². The van der Waals surface area contributed by atoms with E-state index >= 15 is 0 Å². The van der Waals surface area contributed by atoms with E-state index in [4.69, 9.17) is 11.5 Å². The third-order valence-corrected chi connectivity index (χ3v) is 1.78. The van der Waals surface area contributed by atoms with Gasteiger partial charge in [-0.05, 0) is 6.07 Å². The molecule has 1 aromatic rings. The number of carbonyl (C=O) groups is 1. The molecule has 15 heavy (non-hydrogen) atoms. The van der Waals surface area contributed by atoms with Crippen LogP contribution in [0.25, 0.3) is 0 Å². The van der Waals surface area contributed by atoms with E-state index < -0.39 is 18.6 Å². The fourth-order valence-corrected chi connectivity index (χ4v) is 1.09. The van der Waals surface area contributed by atoms with E-state index in [2.05, 4.69) is 4.74 Å². The summed E-state index contributed by atoms with van der Waals surface area (Å²) in [5.74, 6) is -0.945. The fourth-order valence-electron chi connectivity index (χ4n) is 1.09. The number of para-hydroxylation sites is 1. The highest BCUT2D eigenvalue weighted by Crippen LogP contribution is 2.24. The molecule has 1 atom stereocenters. The van der Waals surface area contributed by atoms with Gasteiger partial charge in [0.05, 0.1) is 0 Å². The maximum Gasteiger partial charge on any atom is 0.387 e. The van der Waals surface area contributed by atoms with Crippen LogP contribution in [0.4, 0.5) is 8.78 Å². The molecule has 6 heteroatoms. The Kier molecular flexibility index (Phi) is 3.56. The van der Waals surface area contributed by atoms with Gasteiger partial charge in [-0.3, -0.25) is 4.79 Å². The van der Waals surface area contributed by atoms with Crippen LogP contribution in [0.1, 0.15) is 11.6 Å². The highest BCUT2D eigenvalue weighted by molar-refractivity contribution is 5.82. The van der Waals surface area contributed by atoms with Gasteiger partial charge in [-0.1, -0.05) is 18.2 Å². The van der Waals surface area contributed by atoms with E-state index in [0.29, 0.717) is 0 Å². The van der Waals surface area contributed by atoms with E-state index in [0.717, 1.165) is 0 Å². The quantitative estimate of drug-likeness (QED) is 0.780. The summed E-state index contributed by atoms with van der Waals surface area (Å²) in [5.41, 5.74) is 10.5. The summed E-state index contributed by atoms with van der Waals surface area (Å²) in [5, 5.41) is 0. The summed E-state index contributed by atoms with van der Waals surface area (Å²) in [6.45, 7) is -2.97. The van der Waals surface area contributed by atoms with Crippen LogP contribution in [0.15, 0.2) is 24.3 Å². The molecule has 0 aromatic heterocycles. The molecule has 82 valence electrons. The van der Waals surface area contributed by atoms with Crippen molar-refractivity contribution in [3.8, 4) is 5.75 Å². The molecule has 1 unspecified atom stereocenters.